The van der Waals surface area contributed by atoms with E-state index in [1.807, 2.05) is 0 Å². The van der Waals surface area contributed by atoms with Crippen molar-refractivity contribution < 1.29 is 14.6 Å². The maximum atomic E-state index is 10.5. The van der Waals surface area contributed by atoms with Gasteiger partial charge >= 0.3 is 5.97 Å². The number of aliphatic carboxylic acids is 1. The molecule has 0 saturated carbocycles. The quantitative estimate of drug-likeness (QED) is 0.630. The van der Waals surface area contributed by atoms with Gasteiger partial charge in [0.15, 0.2) is 0 Å². The summed E-state index contributed by atoms with van der Waals surface area (Å²) >= 11 is 0. The van der Waals surface area contributed by atoms with Gasteiger partial charge in [-0.2, -0.15) is 0 Å². The first kappa shape index (κ1) is 12.5. The Labute approximate surface area is 94.0 Å². The van der Waals surface area contributed by atoms with Crippen molar-refractivity contribution in [1.29, 1.82) is 0 Å². The lowest BCUT2D eigenvalue weighted by atomic mass is 10.1. The van der Waals surface area contributed by atoms with Crippen LogP contribution in [0.1, 0.15) is 5.56 Å². The molecular formula is C11H16N2O3. The molecule has 0 fully saturated rings. The summed E-state index contributed by atoms with van der Waals surface area (Å²) in [6.07, 6.45) is 0.312. The van der Waals surface area contributed by atoms with E-state index in [0.29, 0.717) is 19.6 Å². The molecule has 0 aliphatic rings. The van der Waals surface area contributed by atoms with Crippen molar-refractivity contribution in [3.63, 3.8) is 0 Å². The van der Waals surface area contributed by atoms with Gasteiger partial charge in [-0.25, -0.2) is 0 Å². The molecule has 0 radical (unpaired) electrons. The molecule has 0 aromatic heterocycles. The highest BCUT2D eigenvalue weighted by molar-refractivity contribution is 5.73. The van der Waals surface area contributed by atoms with Gasteiger partial charge in [-0.15, -0.1) is 0 Å². The molecule has 88 valence electrons. The summed E-state index contributed by atoms with van der Waals surface area (Å²) < 4.78 is 5.29. The van der Waals surface area contributed by atoms with Gasteiger partial charge in [0.2, 0.25) is 0 Å². The number of ether oxygens (including phenoxy) is 1. The third-order valence-electron chi connectivity index (χ3n) is 2.08. The number of carboxylic acid groups (broad SMARTS) is 1. The molecular weight excluding hydrogens is 208 g/mol. The third kappa shape index (κ3) is 3.88. The Kier molecular flexibility index (Phi) is 4.75. The van der Waals surface area contributed by atoms with E-state index in [9.17, 15) is 4.79 Å². The lowest BCUT2D eigenvalue weighted by Crippen LogP contribution is -2.32. The van der Waals surface area contributed by atoms with Crippen LogP contribution < -0.4 is 16.2 Å². The van der Waals surface area contributed by atoms with Crippen LogP contribution in [-0.4, -0.2) is 30.3 Å². The monoisotopic (exact) mass is 224 g/mol. The summed E-state index contributed by atoms with van der Waals surface area (Å²) in [4.78, 5) is 10.5. The molecule has 1 rings (SSSR count). The van der Waals surface area contributed by atoms with Crippen LogP contribution in [0.5, 0.6) is 5.75 Å². The van der Waals surface area contributed by atoms with E-state index in [-0.39, 0.29) is 0 Å². The lowest BCUT2D eigenvalue weighted by Gasteiger charge is -2.08. The molecule has 0 heterocycles. The maximum absolute atomic E-state index is 10.5. The normalized spacial score (nSPS) is 12.1. The van der Waals surface area contributed by atoms with Crippen molar-refractivity contribution in [3.8, 4) is 5.75 Å². The Morgan fingerprint density at radius 2 is 2.00 bits per heavy atom. The molecule has 0 saturated heterocycles. The van der Waals surface area contributed by atoms with Gasteiger partial charge in [0.1, 0.15) is 18.4 Å². The second kappa shape index (κ2) is 6.09. The van der Waals surface area contributed by atoms with Gasteiger partial charge in [-0.3, -0.25) is 4.79 Å². The minimum atomic E-state index is -0.997. The van der Waals surface area contributed by atoms with Crippen molar-refractivity contribution in [2.45, 2.75) is 12.5 Å². The Morgan fingerprint density at radius 1 is 1.38 bits per heavy atom. The average Bonchev–Trinajstić information content (AvgIpc) is 2.28. The number of hydrogen-bond acceptors (Lipinski definition) is 4. The molecule has 0 amide bonds. The number of carboxylic acids is 1. The largest absolute Gasteiger partial charge is 0.492 e. The molecule has 0 bridgehead atoms. The van der Waals surface area contributed by atoms with E-state index in [2.05, 4.69) is 0 Å². The zero-order valence-electron chi connectivity index (χ0n) is 8.93. The Hall–Kier alpha value is -1.59. The Balaban J connectivity index is 2.54. The highest BCUT2D eigenvalue weighted by Crippen LogP contribution is 2.12. The van der Waals surface area contributed by atoms with Gasteiger partial charge in [0.05, 0.1) is 0 Å². The summed E-state index contributed by atoms with van der Waals surface area (Å²) in [5, 5.41) is 8.65. The summed E-state index contributed by atoms with van der Waals surface area (Å²) in [6.45, 7) is 0.930. The van der Waals surface area contributed by atoms with Crippen LogP contribution in [0, 0.1) is 0 Å². The highest BCUT2D eigenvalue weighted by Gasteiger charge is 2.11. The number of nitrogens with two attached hydrogens (primary N) is 2. The second-order valence-corrected chi connectivity index (χ2v) is 3.43. The standard InChI is InChI=1S/C11H16N2O3/c12-5-6-16-9-3-1-8(2-4-9)7-10(13)11(14)15/h1-4,10H,5-7,12-13H2,(H,14,15). The number of benzene rings is 1. The molecule has 0 aliphatic heterocycles. The maximum Gasteiger partial charge on any atom is 0.320 e. The van der Waals surface area contributed by atoms with Crippen LogP contribution >= 0.6 is 0 Å². The molecule has 0 spiro atoms. The first-order valence-electron chi connectivity index (χ1n) is 5.03. The van der Waals surface area contributed by atoms with E-state index in [4.69, 9.17) is 21.3 Å². The van der Waals surface area contributed by atoms with Gasteiger partial charge in [-0.05, 0) is 24.1 Å². The number of rotatable bonds is 6. The third-order valence-corrected chi connectivity index (χ3v) is 2.08. The molecule has 5 heteroatoms. The summed E-state index contributed by atoms with van der Waals surface area (Å²) in [5.74, 6) is -0.276. The smallest absolute Gasteiger partial charge is 0.320 e. The lowest BCUT2D eigenvalue weighted by molar-refractivity contribution is -0.138. The zero-order valence-corrected chi connectivity index (χ0v) is 8.93. The number of carbonyl (C=O) groups is 1. The summed E-state index contributed by atoms with van der Waals surface area (Å²) in [7, 11) is 0. The van der Waals surface area contributed by atoms with Gasteiger partial charge in [0, 0.05) is 6.54 Å². The van der Waals surface area contributed by atoms with Crippen LogP contribution in [0.15, 0.2) is 24.3 Å². The number of hydrogen-bond donors (Lipinski definition) is 3. The van der Waals surface area contributed by atoms with E-state index in [1.165, 1.54) is 0 Å². The minimum Gasteiger partial charge on any atom is -0.492 e. The molecule has 1 unspecified atom stereocenters. The molecule has 0 aliphatic carbocycles. The fraction of sp³-hybridized carbons (Fsp3) is 0.364. The van der Waals surface area contributed by atoms with E-state index >= 15 is 0 Å². The molecule has 1 aromatic rings. The van der Waals surface area contributed by atoms with Crippen molar-refractivity contribution in [2.24, 2.45) is 11.5 Å². The molecule has 16 heavy (non-hydrogen) atoms. The molecule has 1 atom stereocenters. The topological polar surface area (TPSA) is 98.6 Å². The van der Waals surface area contributed by atoms with Crippen LogP contribution in [0.25, 0.3) is 0 Å². The first-order chi connectivity index (χ1) is 7.63. The Bertz CT molecular complexity index is 338. The van der Waals surface area contributed by atoms with E-state index < -0.39 is 12.0 Å². The van der Waals surface area contributed by atoms with Crippen molar-refractivity contribution >= 4 is 5.97 Å². The van der Waals surface area contributed by atoms with Gasteiger partial charge in [-0.1, -0.05) is 12.1 Å². The fourth-order valence-corrected chi connectivity index (χ4v) is 1.24. The van der Waals surface area contributed by atoms with Crippen LogP contribution in [-0.2, 0) is 11.2 Å². The van der Waals surface area contributed by atoms with Crippen molar-refractivity contribution in [1.82, 2.24) is 0 Å². The summed E-state index contributed by atoms with van der Waals surface area (Å²) in [6, 6.07) is 6.29. The van der Waals surface area contributed by atoms with E-state index in [1.54, 1.807) is 24.3 Å². The Morgan fingerprint density at radius 3 is 2.50 bits per heavy atom. The van der Waals surface area contributed by atoms with Crippen LogP contribution in [0.4, 0.5) is 0 Å². The first-order valence-corrected chi connectivity index (χ1v) is 5.03. The van der Waals surface area contributed by atoms with Crippen molar-refractivity contribution in [3.05, 3.63) is 29.8 Å². The van der Waals surface area contributed by atoms with Gasteiger partial charge in [0.25, 0.3) is 0 Å². The highest BCUT2D eigenvalue weighted by atomic mass is 16.5. The second-order valence-electron chi connectivity index (χ2n) is 3.43. The predicted molar refractivity (Wildman–Crippen MR) is 60.3 cm³/mol. The van der Waals surface area contributed by atoms with Gasteiger partial charge < -0.3 is 21.3 Å². The van der Waals surface area contributed by atoms with Crippen molar-refractivity contribution in [2.75, 3.05) is 13.2 Å². The van der Waals surface area contributed by atoms with Crippen LogP contribution in [0.3, 0.4) is 0 Å². The predicted octanol–water partition coefficient (Wildman–Crippen LogP) is -0.0215. The zero-order chi connectivity index (χ0) is 12.0. The fourth-order valence-electron chi connectivity index (χ4n) is 1.24. The molecule has 5 nitrogen and oxygen atoms in total. The molecule has 1 aromatic carbocycles. The SMILES string of the molecule is NCCOc1ccc(CC(N)C(=O)O)cc1. The van der Waals surface area contributed by atoms with Crippen LogP contribution in [0.2, 0.25) is 0 Å². The molecule has 5 N–H and O–H groups in total. The minimum absolute atomic E-state index is 0.312. The summed E-state index contributed by atoms with van der Waals surface area (Å²) in [5.41, 5.74) is 11.6. The average molecular weight is 224 g/mol. The van der Waals surface area contributed by atoms with E-state index in [0.717, 1.165) is 11.3 Å².